The van der Waals surface area contributed by atoms with Gasteiger partial charge in [0.25, 0.3) is 0 Å². The largest absolute Gasteiger partial charge is 0.369 e. The predicted molar refractivity (Wildman–Crippen MR) is 81.7 cm³/mol. The van der Waals surface area contributed by atoms with Crippen molar-refractivity contribution in [2.75, 3.05) is 18.0 Å². The second-order valence-corrected chi connectivity index (χ2v) is 5.93. The van der Waals surface area contributed by atoms with Gasteiger partial charge in [0.1, 0.15) is 0 Å². The summed E-state index contributed by atoms with van der Waals surface area (Å²) in [5.74, 6) is -0.339. The summed E-state index contributed by atoms with van der Waals surface area (Å²) >= 11 is 0. The fourth-order valence-corrected chi connectivity index (χ4v) is 3.35. The number of carbonyl (C=O) groups is 1. The highest BCUT2D eigenvalue weighted by Crippen LogP contribution is 2.41. The van der Waals surface area contributed by atoms with E-state index in [0.717, 1.165) is 31.5 Å². The van der Waals surface area contributed by atoms with Crippen LogP contribution in [0.1, 0.15) is 41.8 Å². The van der Waals surface area contributed by atoms with Crippen LogP contribution in [0.2, 0.25) is 0 Å². The number of nitrogens with two attached hydrogens (primary N) is 2. The van der Waals surface area contributed by atoms with Gasteiger partial charge in [0, 0.05) is 35.9 Å². The van der Waals surface area contributed by atoms with Crippen molar-refractivity contribution in [2.24, 2.45) is 11.5 Å². The minimum absolute atomic E-state index is 0.244. The van der Waals surface area contributed by atoms with Crippen LogP contribution in [0.4, 0.5) is 5.69 Å². The molecule has 1 heterocycles. The first-order chi connectivity index (χ1) is 9.49. The van der Waals surface area contributed by atoms with Gasteiger partial charge in [0.2, 0.25) is 5.91 Å². The average Bonchev–Trinajstić information content (AvgIpc) is 2.94. The molecule has 1 aromatic rings. The summed E-state index contributed by atoms with van der Waals surface area (Å²) in [4.78, 5) is 14.0. The van der Waals surface area contributed by atoms with Crippen LogP contribution in [0.15, 0.2) is 17.7 Å². The Morgan fingerprint density at radius 2 is 2.10 bits per heavy atom. The first-order valence-corrected chi connectivity index (χ1v) is 7.12. The molecule has 2 aliphatic rings. The van der Waals surface area contributed by atoms with Crippen molar-refractivity contribution in [3.05, 3.63) is 34.4 Å². The molecule has 3 rings (SSSR count). The summed E-state index contributed by atoms with van der Waals surface area (Å²) in [5.41, 5.74) is 18.3. The maximum absolute atomic E-state index is 11.6. The fraction of sp³-hybridized carbons (Fsp3) is 0.438. The number of rotatable bonds is 2. The zero-order valence-corrected chi connectivity index (χ0v) is 12.1. The van der Waals surface area contributed by atoms with Gasteiger partial charge in [-0.15, -0.1) is 0 Å². The van der Waals surface area contributed by atoms with Crippen molar-refractivity contribution < 1.29 is 4.79 Å². The van der Waals surface area contributed by atoms with E-state index < -0.39 is 0 Å². The summed E-state index contributed by atoms with van der Waals surface area (Å²) in [5, 5.41) is 0. The maximum atomic E-state index is 11.6. The van der Waals surface area contributed by atoms with Crippen LogP contribution >= 0.6 is 0 Å². The number of benzene rings is 1. The van der Waals surface area contributed by atoms with Gasteiger partial charge in [-0.2, -0.15) is 0 Å². The molecule has 1 amide bonds. The molecule has 1 unspecified atom stereocenters. The molecule has 0 spiro atoms. The molecular weight excluding hydrogens is 250 g/mol. The maximum Gasteiger partial charge on any atom is 0.249 e. The summed E-state index contributed by atoms with van der Waals surface area (Å²) < 4.78 is 0. The number of hydrogen-bond donors (Lipinski definition) is 2. The van der Waals surface area contributed by atoms with E-state index in [0.29, 0.717) is 5.56 Å². The highest BCUT2D eigenvalue weighted by Gasteiger charge is 2.28. The van der Waals surface area contributed by atoms with E-state index in [9.17, 15) is 4.79 Å². The molecule has 4 heteroatoms. The average molecular weight is 271 g/mol. The molecule has 20 heavy (non-hydrogen) atoms. The van der Waals surface area contributed by atoms with Gasteiger partial charge < -0.3 is 16.4 Å². The second kappa shape index (κ2) is 4.63. The van der Waals surface area contributed by atoms with Gasteiger partial charge in [-0.05, 0) is 50.0 Å². The Morgan fingerprint density at radius 3 is 2.70 bits per heavy atom. The van der Waals surface area contributed by atoms with Gasteiger partial charge in [-0.25, -0.2) is 0 Å². The minimum atomic E-state index is -0.339. The van der Waals surface area contributed by atoms with E-state index in [4.69, 9.17) is 11.5 Å². The standard InChI is InChI=1S/C16H21N3O/c1-9-7-13-12(16(18)20)3-4-14(15(13)10(9)2)19-6-5-11(17)8-19/h3-4,11H,5-8,17H2,1-2H3,(H2,18,20). The fourth-order valence-electron chi connectivity index (χ4n) is 3.35. The second-order valence-electron chi connectivity index (χ2n) is 5.93. The lowest BCUT2D eigenvalue weighted by atomic mass is 9.97. The molecule has 1 saturated heterocycles. The van der Waals surface area contributed by atoms with Crippen LogP contribution in [0.25, 0.3) is 5.57 Å². The molecule has 4 N–H and O–H groups in total. The van der Waals surface area contributed by atoms with Gasteiger partial charge in [0.05, 0.1) is 0 Å². The molecule has 1 aliphatic heterocycles. The zero-order valence-electron chi connectivity index (χ0n) is 12.1. The smallest absolute Gasteiger partial charge is 0.249 e. The van der Waals surface area contributed by atoms with E-state index in [-0.39, 0.29) is 11.9 Å². The predicted octanol–water partition coefficient (Wildman–Crippen LogP) is 1.67. The van der Waals surface area contributed by atoms with E-state index >= 15 is 0 Å². The quantitative estimate of drug-likeness (QED) is 0.859. The Bertz CT molecular complexity index is 618. The number of carbonyl (C=O) groups excluding carboxylic acids is 1. The van der Waals surface area contributed by atoms with E-state index in [1.165, 1.54) is 22.4 Å². The van der Waals surface area contributed by atoms with Crippen molar-refractivity contribution in [1.29, 1.82) is 0 Å². The third-order valence-corrected chi connectivity index (χ3v) is 4.58. The highest BCUT2D eigenvalue weighted by atomic mass is 16.1. The molecule has 4 nitrogen and oxygen atoms in total. The van der Waals surface area contributed by atoms with Crippen molar-refractivity contribution in [1.82, 2.24) is 0 Å². The lowest BCUT2D eigenvalue weighted by molar-refractivity contribution is 0.0999. The zero-order chi connectivity index (χ0) is 14.4. The molecule has 0 bridgehead atoms. The molecule has 1 aromatic carbocycles. The molecule has 106 valence electrons. The molecule has 1 aliphatic carbocycles. The van der Waals surface area contributed by atoms with Crippen LogP contribution in [-0.4, -0.2) is 25.0 Å². The topological polar surface area (TPSA) is 72.3 Å². The first kappa shape index (κ1) is 13.2. The number of allylic oxidation sites excluding steroid dienone is 2. The van der Waals surface area contributed by atoms with Crippen LogP contribution < -0.4 is 16.4 Å². The van der Waals surface area contributed by atoms with Crippen molar-refractivity contribution >= 4 is 17.2 Å². The van der Waals surface area contributed by atoms with Crippen molar-refractivity contribution in [3.8, 4) is 0 Å². The number of fused-ring (bicyclic) bond motifs is 1. The normalized spacial score (nSPS) is 21.6. The summed E-state index contributed by atoms with van der Waals surface area (Å²) in [6.07, 6.45) is 1.85. The summed E-state index contributed by atoms with van der Waals surface area (Å²) in [7, 11) is 0. The Hall–Kier alpha value is -1.81. The Balaban J connectivity index is 2.13. The molecule has 1 atom stereocenters. The number of anilines is 1. The number of hydrogen-bond acceptors (Lipinski definition) is 3. The first-order valence-electron chi connectivity index (χ1n) is 7.12. The monoisotopic (exact) mass is 271 g/mol. The highest BCUT2D eigenvalue weighted by molar-refractivity contribution is 5.99. The molecule has 0 saturated carbocycles. The molecule has 0 aromatic heterocycles. The van der Waals surface area contributed by atoms with Gasteiger partial charge in [-0.3, -0.25) is 4.79 Å². The summed E-state index contributed by atoms with van der Waals surface area (Å²) in [6, 6.07) is 4.14. The van der Waals surface area contributed by atoms with E-state index in [1.54, 1.807) is 0 Å². The third-order valence-electron chi connectivity index (χ3n) is 4.58. The number of primary amides is 1. The van der Waals surface area contributed by atoms with Crippen molar-refractivity contribution in [3.63, 3.8) is 0 Å². The summed E-state index contributed by atoms with van der Waals surface area (Å²) in [6.45, 7) is 6.12. The van der Waals surface area contributed by atoms with Crippen molar-refractivity contribution in [2.45, 2.75) is 32.7 Å². The third kappa shape index (κ3) is 1.91. The molecule has 0 radical (unpaired) electrons. The van der Waals surface area contributed by atoms with E-state index in [1.807, 2.05) is 12.1 Å². The molecular formula is C16H21N3O. The van der Waals surface area contributed by atoms with Crippen LogP contribution in [0.3, 0.4) is 0 Å². The van der Waals surface area contributed by atoms with Crippen LogP contribution in [0.5, 0.6) is 0 Å². The Kier molecular flexibility index (Phi) is 3.05. The SMILES string of the molecule is CC1=C(C)c2c(N3CCC(N)C3)ccc(C(N)=O)c2C1. The Morgan fingerprint density at radius 1 is 1.35 bits per heavy atom. The van der Waals surface area contributed by atoms with Gasteiger partial charge >= 0.3 is 0 Å². The van der Waals surface area contributed by atoms with Crippen LogP contribution in [-0.2, 0) is 6.42 Å². The number of nitrogens with zero attached hydrogens (tertiary/aromatic N) is 1. The van der Waals surface area contributed by atoms with E-state index in [2.05, 4.69) is 18.7 Å². The Labute approximate surface area is 119 Å². The lowest BCUT2D eigenvalue weighted by Crippen LogP contribution is -2.27. The number of amides is 1. The molecule has 1 fully saturated rings. The lowest BCUT2D eigenvalue weighted by Gasteiger charge is -2.23. The van der Waals surface area contributed by atoms with Gasteiger partial charge in [-0.1, -0.05) is 5.57 Å². The van der Waals surface area contributed by atoms with Crippen LogP contribution in [0, 0.1) is 0 Å². The van der Waals surface area contributed by atoms with Gasteiger partial charge in [0.15, 0.2) is 0 Å². The minimum Gasteiger partial charge on any atom is -0.369 e.